The minimum atomic E-state index is 0.864. The minimum Gasteiger partial charge on any atom is -0.455 e. The van der Waals surface area contributed by atoms with E-state index in [4.69, 9.17) is 4.42 Å². The van der Waals surface area contributed by atoms with Crippen LogP contribution < -0.4 is 4.90 Å². The van der Waals surface area contributed by atoms with Crippen molar-refractivity contribution in [3.63, 3.8) is 0 Å². The molecule has 0 aliphatic heterocycles. The summed E-state index contributed by atoms with van der Waals surface area (Å²) >= 11 is 0. The Hall–Kier alpha value is -7.68. The fraction of sp³-hybridized carbons (Fsp3) is 0. The van der Waals surface area contributed by atoms with E-state index < -0.39 is 0 Å². The smallest absolute Gasteiger partial charge is 0.145 e. The van der Waals surface area contributed by atoms with Gasteiger partial charge in [0.15, 0.2) is 0 Å². The highest BCUT2D eigenvalue weighted by molar-refractivity contribution is 6.18. The van der Waals surface area contributed by atoms with E-state index in [1.807, 2.05) is 0 Å². The maximum atomic E-state index is 6.88. The number of rotatable bonds is 7. The van der Waals surface area contributed by atoms with E-state index >= 15 is 0 Å². The Morgan fingerprint density at radius 3 is 1.76 bits per heavy atom. The number of fused-ring (bicyclic) bond motifs is 5. The largest absolute Gasteiger partial charge is 0.455 e. The van der Waals surface area contributed by atoms with Crippen molar-refractivity contribution in [2.45, 2.75) is 0 Å². The van der Waals surface area contributed by atoms with Gasteiger partial charge in [-0.25, -0.2) is 0 Å². The summed E-state index contributed by atoms with van der Waals surface area (Å²) in [6.07, 6.45) is 0. The lowest BCUT2D eigenvalue weighted by Gasteiger charge is -2.29. The number of hydrogen-bond donors (Lipinski definition) is 0. The topological polar surface area (TPSA) is 16.4 Å². The molecule has 0 atom stereocenters. The van der Waals surface area contributed by atoms with Gasteiger partial charge in [-0.1, -0.05) is 176 Å². The average molecular weight is 740 g/mol. The van der Waals surface area contributed by atoms with Crippen LogP contribution in [0.3, 0.4) is 0 Å². The predicted octanol–water partition coefficient (Wildman–Crippen LogP) is 16.0. The Morgan fingerprint density at radius 2 is 0.914 bits per heavy atom. The van der Waals surface area contributed by atoms with Gasteiger partial charge in [0, 0.05) is 22.2 Å². The third kappa shape index (κ3) is 5.82. The summed E-state index contributed by atoms with van der Waals surface area (Å²) in [4.78, 5) is 2.43. The third-order valence-corrected chi connectivity index (χ3v) is 11.5. The van der Waals surface area contributed by atoms with Gasteiger partial charge < -0.3 is 9.32 Å². The van der Waals surface area contributed by atoms with Crippen LogP contribution in [0.2, 0.25) is 0 Å². The molecule has 0 saturated heterocycles. The molecule has 272 valence electrons. The highest BCUT2D eigenvalue weighted by Gasteiger charge is 2.24. The summed E-state index contributed by atoms with van der Waals surface area (Å²) in [6, 6.07) is 80.6. The van der Waals surface area contributed by atoms with Crippen LogP contribution in [0.25, 0.3) is 88.0 Å². The average Bonchev–Trinajstić information content (AvgIpc) is 3.70. The molecule has 1 heterocycles. The van der Waals surface area contributed by atoms with Crippen molar-refractivity contribution in [1.82, 2.24) is 0 Å². The first-order chi connectivity index (χ1) is 28.8. The van der Waals surface area contributed by atoms with Crippen LogP contribution in [0, 0.1) is 0 Å². The van der Waals surface area contributed by atoms with Crippen molar-refractivity contribution in [2.75, 3.05) is 4.90 Å². The molecule has 10 aromatic carbocycles. The van der Waals surface area contributed by atoms with Gasteiger partial charge in [-0.3, -0.25) is 0 Å². The maximum Gasteiger partial charge on any atom is 0.145 e. The van der Waals surface area contributed by atoms with Crippen LogP contribution in [0.15, 0.2) is 229 Å². The van der Waals surface area contributed by atoms with Crippen LogP contribution in [0.4, 0.5) is 17.1 Å². The highest BCUT2D eigenvalue weighted by atomic mass is 16.3. The quantitative estimate of drug-likeness (QED) is 0.162. The van der Waals surface area contributed by atoms with Crippen molar-refractivity contribution in [3.05, 3.63) is 224 Å². The Labute approximate surface area is 337 Å². The molecular formula is C56H37NO. The van der Waals surface area contributed by atoms with Crippen LogP contribution in [0.5, 0.6) is 0 Å². The molecule has 0 bridgehead atoms. The van der Waals surface area contributed by atoms with Crippen LogP contribution >= 0.6 is 0 Å². The van der Waals surface area contributed by atoms with Crippen molar-refractivity contribution >= 4 is 60.5 Å². The molecular weight excluding hydrogens is 703 g/mol. The monoisotopic (exact) mass is 739 g/mol. The lowest BCUT2D eigenvalue weighted by molar-refractivity contribution is 0.670. The zero-order valence-electron chi connectivity index (χ0n) is 31.7. The SMILES string of the molecule is c1ccc(-c2cccc(-c3ccc(N(c4ccccc4-c4cccc5ccccc45)c4ccc(-c5ccc6ccccc6c5)c5oc6ccccc6c45)cc3)c2)cc1. The number of para-hydroxylation sites is 2. The van der Waals surface area contributed by atoms with Crippen molar-refractivity contribution < 1.29 is 4.42 Å². The first-order valence-electron chi connectivity index (χ1n) is 19.8. The maximum absolute atomic E-state index is 6.88. The van der Waals surface area contributed by atoms with Gasteiger partial charge in [-0.15, -0.1) is 0 Å². The molecule has 2 nitrogen and oxygen atoms in total. The summed E-state index contributed by atoms with van der Waals surface area (Å²) in [5, 5.41) is 7.01. The molecule has 58 heavy (non-hydrogen) atoms. The molecule has 0 amide bonds. The first kappa shape index (κ1) is 33.6. The minimum absolute atomic E-state index is 0.864. The van der Waals surface area contributed by atoms with Gasteiger partial charge in [-0.2, -0.15) is 0 Å². The summed E-state index contributed by atoms with van der Waals surface area (Å²) in [6.45, 7) is 0. The summed E-state index contributed by atoms with van der Waals surface area (Å²) < 4.78 is 6.88. The van der Waals surface area contributed by atoms with Gasteiger partial charge in [0.05, 0.1) is 16.8 Å². The Balaban J connectivity index is 1.14. The van der Waals surface area contributed by atoms with Gasteiger partial charge in [0.2, 0.25) is 0 Å². The molecule has 0 spiro atoms. The van der Waals surface area contributed by atoms with Crippen LogP contribution in [0.1, 0.15) is 0 Å². The second-order valence-electron chi connectivity index (χ2n) is 14.9. The summed E-state index contributed by atoms with van der Waals surface area (Å²) in [5.74, 6) is 0. The molecule has 11 rings (SSSR count). The van der Waals surface area contributed by atoms with E-state index in [1.54, 1.807) is 0 Å². The molecule has 0 radical (unpaired) electrons. The first-order valence-corrected chi connectivity index (χ1v) is 19.8. The van der Waals surface area contributed by atoms with E-state index in [2.05, 4.69) is 229 Å². The zero-order chi connectivity index (χ0) is 38.4. The Bertz CT molecular complexity index is 3280. The molecule has 0 aliphatic carbocycles. The van der Waals surface area contributed by atoms with Crippen LogP contribution in [-0.2, 0) is 0 Å². The van der Waals surface area contributed by atoms with E-state index in [-0.39, 0.29) is 0 Å². The molecule has 0 aliphatic rings. The molecule has 0 unspecified atom stereocenters. The lowest BCUT2D eigenvalue weighted by Crippen LogP contribution is -2.12. The van der Waals surface area contributed by atoms with Crippen molar-refractivity contribution in [3.8, 4) is 44.5 Å². The number of benzene rings is 10. The summed E-state index contributed by atoms with van der Waals surface area (Å²) in [7, 11) is 0. The van der Waals surface area contributed by atoms with Gasteiger partial charge in [0.1, 0.15) is 11.2 Å². The standard InChI is InChI=1S/C56H37NO/c1-2-14-38(15-3-1)43-20-12-21-44(36-43)40-30-32-46(33-31-40)57(52-26-10-8-23-50(52)49-25-13-19-41-17-6-7-22-47(41)49)53-35-34-48(45-29-28-39-16-4-5-18-42(39)37-45)56-55(53)51-24-9-11-27-54(51)58-56/h1-37H. The zero-order valence-corrected chi connectivity index (χ0v) is 31.7. The van der Waals surface area contributed by atoms with Gasteiger partial charge in [0.25, 0.3) is 0 Å². The normalized spacial score (nSPS) is 11.4. The number of anilines is 3. The van der Waals surface area contributed by atoms with Crippen LogP contribution in [-0.4, -0.2) is 0 Å². The van der Waals surface area contributed by atoms with E-state index in [9.17, 15) is 0 Å². The van der Waals surface area contributed by atoms with E-state index in [0.717, 1.165) is 61.3 Å². The second-order valence-corrected chi connectivity index (χ2v) is 14.9. The summed E-state index contributed by atoms with van der Waals surface area (Å²) in [5.41, 5.74) is 14.2. The van der Waals surface area contributed by atoms with E-state index in [1.165, 1.54) is 43.8 Å². The number of nitrogens with zero attached hydrogens (tertiary/aromatic N) is 1. The fourth-order valence-electron chi connectivity index (χ4n) is 8.66. The molecule has 0 saturated carbocycles. The van der Waals surface area contributed by atoms with E-state index in [0.29, 0.717) is 0 Å². The van der Waals surface area contributed by atoms with Crippen molar-refractivity contribution in [1.29, 1.82) is 0 Å². The number of hydrogen-bond acceptors (Lipinski definition) is 2. The predicted molar refractivity (Wildman–Crippen MR) is 245 cm³/mol. The molecule has 11 aromatic rings. The van der Waals surface area contributed by atoms with Crippen molar-refractivity contribution in [2.24, 2.45) is 0 Å². The Morgan fingerprint density at radius 1 is 0.310 bits per heavy atom. The fourth-order valence-corrected chi connectivity index (χ4v) is 8.66. The van der Waals surface area contributed by atoms with Gasteiger partial charge in [-0.05, 0) is 103 Å². The van der Waals surface area contributed by atoms with Gasteiger partial charge >= 0.3 is 0 Å². The Kier molecular flexibility index (Phi) is 8.19. The number of furan rings is 1. The molecule has 2 heteroatoms. The molecule has 0 fully saturated rings. The third-order valence-electron chi connectivity index (χ3n) is 11.5. The highest BCUT2D eigenvalue weighted by Crippen LogP contribution is 2.49. The molecule has 1 aromatic heterocycles. The second kappa shape index (κ2) is 14.1. The lowest BCUT2D eigenvalue weighted by atomic mass is 9.94. The molecule has 0 N–H and O–H groups in total.